The molecule has 0 heterocycles. The van der Waals surface area contributed by atoms with Crippen LogP contribution in [0.1, 0.15) is 22.0 Å². The maximum atomic E-state index is 12.4. The van der Waals surface area contributed by atoms with Crippen LogP contribution in [0.5, 0.6) is 11.5 Å². The second kappa shape index (κ2) is 10.9. The number of carbonyl (C=O) groups excluding carboxylic acids is 2. The Kier molecular flexibility index (Phi) is 7.79. The Balaban J connectivity index is 1.52. The number of rotatable bonds is 9. The van der Waals surface area contributed by atoms with E-state index in [1.807, 2.05) is 79.7 Å². The summed E-state index contributed by atoms with van der Waals surface area (Å²) >= 11 is 0. The van der Waals surface area contributed by atoms with Gasteiger partial charge in [0, 0.05) is 12.1 Å². The lowest BCUT2D eigenvalue weighted by Gasteiger charge is -2.23. The fourth-order valence-electron chi connectivity index (χ4n) is 3.09. The highest BCUT2D eigenvalue weighted by Gasteiger charge is 2.16. The molecule has 2 amide bonds. The second-order valence-electron chi connectivity index (χ2n) is 7.42. The molecule has 160 valence electrons. The molecule has 0 bridgehead atoms. The Labute approximate surface area is 182 Å². The van der Waals surface area contributed by atoms with Crippen LogP contribution in [-0.4, -0.2) is 43.9 Å². The van der Waals surface area contributed by atoms with Crippen LogP contribution < -0.4 is 15.4 Å². The number of nitrogens with zero attached hydrogens (tertiary/aromatic N) is 1. The van der Waals surface area contributed by atoms with Crippen molar-refractivity contribution in [1.29, 1.82) is 0 Å². The minimum Gasteiger partial charge on any atom is -0.457 e. The molecule has 0 spiro atoms. The first kappa shape index (κ1) is 22.1. The fraction of sp³-hybridized carbons (Fsp3) is 0.200. The van der Waals surface area contributed by atoms with Crippen molar-refractivity contribution in [2.24, 2.45) is 0 Å². The molecule has 3 aromatic rings. The zero-order chi connectivity index (χ0) is 22.1. The molecule has 0 saturated heterocycles. The normalized spacial score (nSPS) is 11.6. The van der Waals surface area contributed by atoms with Crippen LogP contribution in [0.25, 0.3) is 0 Å². The summed E-state index contributed by atoms with van der Waals surface area (Å²) in [6.07, 6.45) is 0. The Morgan fingerprint density at radius 3 is 2.03 bits per heavy atom. The van der Waals surface area contributed by atoms with Crippen LogP contribution in [-0.2, 0) is 4.79 Å². The number of likely N-dealkylation sites (N-methyl/N-ethyl adjacent to an activating group) is 1. The molecule has 3 rings (SSSR count). The maximum absolute atomic E-state index is 12.4. The Hall–Kier alpha value is -3.64. The van der Waals surface area contributed by atoms with E-state index in [1.54, 1.807) is 24.3 Å². The summed E-state index contributed by atoms with van der Waals surface area (Å²) in [4.78, 5) is 26.9. The van der Waals surface area contributed by atoms with Crippen molar-refractivity contribution in [2.75, 3.05) is 27.2 Å². The molecule has 0 fully saturated rings. The van der Waals surface area contributed by atoms with Crippen molar-refractivity contribution < 1.29 is 14.3 Å². The first-order valence-corrected chi connectivity index (χ1v) is 10.1. The van der Waals surface area contributed by atoms with Gasteiger partial charge in [0.1, 0.15) is 11.5 Å². The van der Waals surface area contributed by atoms with Crippen LogP contribution in [0.4, 0.5) is 0 Å². The minimum atomic E-state index is -0.315. The molecule has 0 aliphatic carbocycles. The van der Waals surface area contributed by atoms with Crippen molar-refractivity contribution in [2.45, 2.75) is 6.04 Å². The standard InChI is InChI=1S/C25H27N3O3/c1-28(2)18-23(19-9-5-3-6-10-19)27-24(29)17-26-25(30)20-13-15-22(16-14-20)31-21-11-7-4-8-12-21/h3-16,23H,17-18H2,1-2H3,(H,26,30)(H,27,29)/t23-/m0/s1. The van der Waals surface area contributed by atoms with Crippen molar-refractivity contribution in [3.05, 3.63) is 96.1 Å². The van der Waals surface area contributed by atoms with Gasteiger partial charge in [0.2, 0.25) is 5.91 Å². The molecule has 0 aliphatic rings. The van der Waals surface area contributed by atoms with Crippen LogP contribution in [0.15, 0.2) is 84.9 Å². The van der Waals surface area contributed by atoms with E-state index in [4.69, 9.17) is 4.74 Å². The summed E-state index contributed by atoms with van der Waals surface area (Å²) in [5.41, 5.74) is 1.48. The van der Waals surface area contributed by atoms with E-state index in [0.29, 0.717) is 17.9 Å². The highest BCUT2D eigenvalue weighted by molar-refractivity contribution is 5.96. The third-order valence-electron chi connectivity index (χ3n) is 4.59. The highest BCUT2D eigenvalue weighted by Crippen LogP contribution is 2.21. The third kappa shape index (κ3) is 6.97. The predicted molar refractivity (Wildman–Crippen MR) is 121 cm³/mol. The fourth-order valence-corrected chi connectivity index (χ4v) is 3.09. The molecule has 0 aromatic heterocycles. The minimum absolute atomic E-state index is 0.0993. The number of ether oxygens (including phenoxy) is 1. The average molecular weight is 418 g/mol. The van der Waals surface area contributed by atoms with E-state index in [-0.39, 0.29) is 24.4 Å². The van der Waals surface area contributed by atoms with E-state index < -0.39 is 0 Å². The number of hydrogen-bond acceptors (Lipinski definition) is 4. The molecule has 31 heavy (non-hydrogen) atoms. The lowest BCUT2D eigenvalue weighted by atomic mass is 10.1. The summed E-state index contributed by atoms with van der Waals surface area (Å²) in [6, 6.07) is 25.8. The smallest absolute Gasteiger partial charge is 0.251 e. The van der Waals surface area contributed by atoms with Crippen LogP contribution in [0, 0.1) is 0 Å². The third-order valence-corrected chi connectivity index (χ3v) is 4.59. The van der Waals surface area contributed by atoms with Gasteiger partial charge in [-0.15, -0.1) is 0 Å². The summed E-state index contributed by atoms with van der Waals surface area (Å²) in [5.74, 6) is 0.801. The monoisotopic (exact) mass is 417 g/mol. The Morgan fingerprint density at radius 2 is 1.42 bits per heavy atom. The SMILES string of the molecule is CN(C)C[C@H](NC(=O)CNC(=O)c1ccc(Oc2ccccc2)cc1)c1ccccc1. The van der Waals surface area contributed by atoms with Crippen LogP contribution >= 0.6 is 0 Å². The first-order chi connectivity index (χ1) is 15.0. The molecule has 2 N–H and O–H groups in total. The van der Waals surface area contributed by atoms with Crippen LogP contribution in [0.2, 0.25) is 0 Å². The number of benzene rings is 3. The van der Waals surface area contributed by atoms with Gasteiger partial charge in [-0.05, 0) is 56.1 Å². The summed E-state index contributed by atoms with van der Waals surface area (Å²) in [7, 11) is 3.91. The molecule has 0 saturated carbocycles. The molecule has 0 radical (unpaired) electrons. The quantitative estimate of drug-likeness (QED) is 0.558. The lowest BCUT2D eigenvalue weighted by molar-refractivity contribution is -0.121. The molecule has 6 nitrogen and oxygen atoms in total. The van der Waals surface area contributed by atoms with Crippen molar-refractivity contribution in [3.8, 4) is 11.5 Å². The van der Waals surface area contributed by atoms with Gasteiger partial charge in [-0.3, -0.25) is 9.59 Å². The Morgan fingerprint density at radius 1 is 0.839 bits per heavy atom. The van der Waals surface area contributed by atoms with Crippen molar-refractivity contribution >= 4 is 11.8 Å². The molecule has 0 aliphatic heterocycles. The number of amides is 2. The average Bonchev–Trinajstić information content (AvgIpc) is 2.78. The van der Waals surface area contributed by atoms with Crippen LogP contribution in [0.3, 0.4) is 0 Å². The van der Waals surface area contributed by atoms with E-state index in [0.717, 1.165) is 11.3 Å². The van der Waals surface area contributed by atoms with E-state index in [2.05, 4.69) is 10.6 Å². The van der Waals surface area contributed by atoms with Gasteiger partial charge in [-0.25, -0.2) is 0 Å². The Bertz CT molecular complexity index is 974. The molecular formula is C25H27N3O3. The highest BCUT2D eigenvalue weighted by atomic mass is 16.5. The molecular weight excluding hydrogens is 390 g/mol. The molecule has 1 atom stereocenters. The van der Waals surface area contributed by atoms with E-state index in [1.165, 1.54) is 0 Å². The van der Waals surface area contributed by atoms with Crippen molar-refractivity contribution in [3.63, 3.8) is 0 Å². The number of carbonyl (C=O) groups is 2. The number of para-hydroxylation sites is 1. The van der Waals surface area contributed by atoms with Gasteiger partial charge in [0.15, 0.2) is 0 Å². The summed E-state index contributed by atoms with van der Waals surface area (Å²) in [5, 5.41) is 5.67. The summed E-state index contributed by atoms with van der Waals surface area (Å²) in [6.45, 7) is 0.560. The number of nitrogens with one attached hydrogen (secondary N) is 2. The second-order valence-corrected chi connectivity index (χ2v) is 7.42. The summed E-state index contributed by atoms with van der Waals surface area (Å²) < 4.78 is 5.73. The van der Waals surface area contributed by atoms with Gasteiger partial charge >= 0.3 is 0 Å². The lowest BCUT2D eigenvalue weighted by Crippen LogP contribution is -2.41. The zero-order valence-electron chi connectivity index (χ0n) is 17.7. The van der Waals surface area contributed by atoms with Gasteiger partial charge < -0.3 is 20.3 Å². The number of hydrogen-bond donors (Lipinski definition) is 2. The van der Waals surface area contributed by atoms with E-state index >= 15 is 0 Å². The van der Waals surface area contributed by atoms with E-state index in [9.17, 15) is 9.59 Å². The van der Waals surface area contributed by atoms with Crippen molar-refractivity contribution in [1.82, 2.24) is 15.5 Å². The molecule has 0 unspecified atom stereocenters. The zero-order valence-corrected chi connectivity index (χ0v) is 17.7. The largest absolute Gasteiger partial charge is 0.457 e. The maximum Gasteiger partial charge on any atom is 0.251 e. The van der Waals surface area contributed by atoms with Gasteiger partial charge in [-0.1, -0.05) is 48.5 Å². The van der Waals surface area contributed by atoms with Gasteiger partial charge in [0.05, 0.1) is 12.6 Å². The first-order valence-electron chi connectivity index (χ1n) is 10.1. The molecule has 3 aromatic carbocycles. The van der Waals surface area contributed by atoms with Gasteiger partial charge in [0.25, 0.3) is 5.91 Å². The predicted octanol–water partition coefficient (Wildman–Crippen LogP) is 3.63. The molecule has 6 heteroatoms. The van der Waals surface area contributed by atoms with Gasteiger partial charge in [-0.2, -0.15) is 0 Å². The topological polar surface area (TPSA) is 70.7 Å².